The smallest absolute Gasteiger partial charge is 0.303 e. The molecule has 1 fully saturated rings. The van der Waals surface area contributed by atoms with Gasteiger partial charge in [-0.1, -0.05) is 43.7 Å². The van der Waals surface area contributed by atoms with E-state index in [9.17, 15) is 19.8 Å². The summed E-state index contributed by atoms with van der Waals surface area (Å²) in [5.74, 6) is 1.55. The Morgan fingerprint density at radius 1 is 1.23 bits per heavy atom. The number of ether oxygens (including phenoxy) is 2. The van der Waals surface area contributed by atoms with Crippen molar-refractivity contribution in [3.05, 3.63) is 59.2 Å². The molecule has 0 radical (unpaired) electrons. The Labute approximate surface area is 215 Å². The summed E-state index contributed by atoms with van der Waals surface area (Å²) in [6.45, 7) is 4.61. The number of aromatic hydroxyl groups is 1. The molecule has 0 spiro atoms. The first kappa shape index (κ1) is 27.4. The second kappa shape index (κ2) is 13.2. The lowest BCUT2D eigenvalue weighted by Crippen LogP contribution is -2.22. The van der Waals surface area contributed by atoms with E-state index in [2.05, 4.69) is 0 Å². The first-order chi connectivity index (χ1) is 16.9. The third-order valence-electron chi connectivity index (χ3n) is 5.85. The Bertz CT molecular complexity index is 997. The van der Waals surface area contributed by atoms with E-state index in [4.69, 9.17) is 9.47 Å². The highest BCUT2D eigenvalue weighted by Crippen LogP contribution is 2.49. The lowest BCUT2D eigenvalue weighted by Gasteiger charge is -2.28. The third kappa shape index (κ3) is 7.41. The number of rotatable bonds is 14. The fraction of sp³-hybridized carbons (Fsp3) is 0.481. The maximum atomic E-state index is 11.7. The summed E-state index contributed by atoms with van der Waals surface area (Å²) in [6.07, 6.45) is 2.87. The average molecular weight is 519 g/mol. The van der Waals surface area contributed by atoms with E-state index in [0.717, 1.165) is 29.9 Å². The zero-order valence-corrected chi connectivity index (χ0v) is 22.0. The highest BCUT2D eigenvalue weighted by Gasteiger charge is 2.42. The summed E-state index contributed by atoms with van der Waals surface area (Å²) < 4.78 is 12.2. The van der Waals surface area contributed by atoms with Crippen LogP contribution in [0.1, 0.15) is 61.0 Å². The van der Waals surface area contributed by atoms with Gasteiger partial charge in [0.1, 0.15) is 16.4 Å². The molecule has 3 rings (SSSR count). The van der Waals surface area contributed by atoms with Gasteiger partial charge in [-0.15, -0.1) is 11.8 Å². The molecule has 8 heteroatoms. The van der Waals surface area contributed by atoms with Gasteiger partial charge < -0.3 is 19.7 Å². The number of carboxylic acids is 1. The molecule has 0 amide bonds. The van der Waals surface area contributed by atoms with Crippen LogP contribution in [0.2, 0.25) is 0 Å². The second-order valence-electron chi connectivity index (χ2n) is 8.59. The molecule has 2 N–H and O–H groups in total. The zero-order valence-electron chi connectivity index (χ0n) is 20.3. The van der Waals surface area contributed by atoms with Gasteiger partial charge in [-0.3, -0.25) is 9.59 Å². The summed E-state index contributed by atoms with van der Waals surface area (Å²) in [5.41, 5.74) is 2.06. The van der Waals surface area contributed by atoms with Crippen LogP contribution in [0.25, 0.3) is 0 Å². The van der Waals surface area contributed by atoms with Crippen molar-refractivity contribution in [1.82, 2.24) is 0 Å². The number of benzene rings is 2. The molecule has 0 aromatic heterocycles. The van der Waals surface area contributed by atoms with Crippen LogP contribution in [-0.2, 0) is 20.9 Å². The lowest BCUT2D eigenvalue weighted by molar-refractivity contribution is -0.138. The van der Waals surface area contributed by atoms with Crippen molar-refractivity contribution in [2.75, 3.05) is 24.7 Å². The molecule has 190 valence electrons. The Morgan fingerprint density at radius 3 is 2.69 bits per heavy atom. The fourth-order valence-electron chi connectivity index (χ4n) is 4.12. The van der Waals surface area contributed by atoms with Gasteiger partial charge in [-0.05, 0) is 43.2 Å². The van der Waals surface area contributed by atoms with Crippen LogP contribution in [0.4, 0.5) is 0 Å². The maximum absolute atomic E-state index is 11.7. The topological polar surface area (TPSA) is 93.1 Å². The van der Waals surface area contributed by atoms with Gasteiger partial charge in [0.2, 0.25) is 0 Å². The molecule has 2 unspecified atom stereocenters. The molecule has 6 nitrogen and oxygen atoms in total. The number of carboxylic acid groups (broad SMARTS) is 1. The van der Waals surface area contributed by atoms with Crippen molar-refractivity contribution in [3.63, 3.8) is 0 Å². The van der Waals surface area contributed by atoms with Gasteiger partial charge in [0.25, 0.3) is 0 Å². The van der Waals surface area contributed by atoms with Crippen molar-refractivity contribution in [2.45, 2.75) is 56.1 Å². The number of aliphatic carboxylic acids is 1. The molecule has 1 saturated heterocycles. The van der Waals surface area contributed by atoms with Gasteiger partial charge >= 0.3 is 5.97 Å². The predicted molar refractivity (Wildman–Crippen MR) is 142 cm³/mol. The monoisotopic (exact) mass is 518 g/mol. The van der Waals surface area contributed by atoms with Gasteiger partial charge in [-0.25, -0.2) is 0 Å². The minimum absolute atomic E-state index is 0.0364. The quantitative estimate of drug-likeness (QED) is 0.236. The van der Waals surface area contributed by atoms with Crippen molar-refractivity contribution >= 4 is 35.3 Å². The minimum atomic E-state index is -0.811. The largest absolute Gasteiger partial charge is 0.507 e. The first-order valence-corrected chi connectivity index (χ1v) is 14.0. The molecule has 2 aromatic rings. The van der Waals surface area contributed by atoms with Crippen molar-refractivity contribution < 1.29 is 29.3 Å². The Morgan fingerprint density at radius 2 is 2.00 bits per heavy atom. The van der Waals surface area contributed by atoms with Crippen LogP contribution >= 0.6 is 23.5 Å². The molecular formula is C27H34O6S2. The SMILES string of the molecule is CCCc1c(OCCCSCC2COC(CCC(=O)O)(c3ccccc3)S2)ccc(C(C)=O)c1O. The summed E-state index contributed by atoms with van der Waals surface area (Å²) in [5, 5.41) is 20.0. The zero-order chi connectivity index (χ0) is 25.3. The Balaban J connectivity index is 1.47. The molecule has 1 aliphatic heterocycles. The van der Waals surface area contributed by atoms with E-state index in [-0.39, 0.29) is 18.0 Å². The summed E-state index contributed by atoms with van der Waals surface area (Å²) in [4.78, 5) is 22.3. The number of phenols is 1. The predicted octanol–water partition coefficient (Wildman–Crippen LogP) is 5.90. The third-order valence-corrected chi connectivity index (χ3v) is 8.86. The molecule has 0 saturated carbocycles. The number of Topliss-reactive ketones (excluding diaryl/α,β-unsaturated/α-hetero) is 1. The van der Waals surface area contributed by atoms with Gasteiger partial charge in [0.15, 0.2) is 5.78 Å². The van der Waals surface area contributed by atoms with E-state index >= 15 is 0 Å². The summed E-state index contributed by atoms with van der Waals surface area (Å²) in [7, 11) is 0. The van der Waals surface area contributed by atoms with Crippen molar-refractivity contribution in [1.29, 1.82) is 0 Å². The van der Waals surface area contributed by atoms with E-state index in [1.165, 1.54) is 6.92 Å². The number of hydrogen-bond donors (Lipinski definition) is 2. The fourth-order valence-corrected chi connectivity index (χ4v) is 6.84. The molecular weight excluding hydrogens is 484 g/mol. The molecule has 2 aromatic carbocycles. The highest BCUT2D eigenvalue weighted by atomic mass is 32.2. The van der Waals surface area contributed by atoms with Crippen LogP contribution in [0.15, 0.2) is 42.5 Å². The van der Waals surface area contributed by atoms with Crippen LogP contribution in [-0.4, -0.2) is 51.9 Å². The van der Waals surface area contributed by atoms with Gasteiger partial charge in [0.05, 0.1) is 18.8 Å². The first-order valence-electron chi connectivity index (χ1n) is 12.0. The Kier molecular flexibility index (Phi) is 10.4. The van der Waals surface area contributed by atoms with Gasteiger partial charge in [0, 0.05) is 29.4 Å². The molecule has 0 aliphatic carbocycles. The van der Waals surface area contributed by atoms with Crippen molar-refractivity contribution in [3.8, 4) is 11.5 Å². The summed E-state index contributed by atoms with van der Waals surface area (Å²) >= 11 is 3.57. The van der Waals surface area contributed by atoms with E-state index < -0.39 is 10.9 Å². The number of hydrogen-bond acceptors (Lipinski definition) is 7. The molecule has 2 atom stereocenters. The van der Waals surface area contributed by atoms with E-state index in [1.807, 2.05) is 49.0 Å². The average Bonchev–Trinajstić information content (AvgIpc) is 3.27. The van der Waals surface area contributed by atoms with Crippen LogP contribution in [0, 0.1) is 0 Å². The van der Waals surface area contributed by atoms with Crippen LogP contribution < -0.4 is 4.74 Å². The molecule has 0 bridgehead atoms. The number of phenolic OH excluding ortho intramolecular Hbond substituents is 1. The maximum Gasteiger partial charge on any atom is 0.303 e. The normalized spacial score (nSPS) is 19.5. The highest BCUT2D eigenvalue weighted by molar-refractivity contribution is 8.04. The number of carbonyl (C=O) groups excluding carboxylic acids is 1. The second-order valence-corrected chi connectivity index (χ2v) is 11.3. The van der Waals surface area contributed by atoms with Crippen LogP contribution in [0.5, 0.6) is 11.5 Å². The van der Waals surface area contributed by atoms with E-state index in [0.29, 0.717) is 48.2 Å². The molecule has 1 heterocycles. The minimum Gasteiger partial charge on any atom is -0.507 e. The standard InChI is InChI=1S/C27H34O6S2/c1-3-8-23-24(12-11-22(19(2)28)26(23)31)32-15-7-16-34-18-21-17-33-27(35-21,14-13-25(29)30)20-9-5-4-6-10-20/h4-6,9-12,21,31H,3,7-8,13-18H2,1-2H3,(H,29,30). The number of thioether (sulfide) groups is 2. The van der Waals surface area contributed by atoms with Crippen LogP contribution in [0.3, 0.4) is 0 Å². The van der Waals surface area contributed by atoms with E-state index in [1.54, 1.807) is 23.9 Å². The molecule has 1 aliphatic rings. The number of carbonyl (C=O) groups is 2. The van der Waals surface area contributed by atoms with Gasteiger partial charge in [-0.2, -0.15) is 11.8 Å². The van der Waals surface area contributed by atoms with Crippen molar-refractivity contribution in [2.24, 2.45) is 0 Å². The lowest BCUT2D eigenvalue weighted by atomic mass is 10.0. The number of ketones is 1. The Hall–Kier alpha value is -2.16. The summed E-state index contributed by atoms with van der Waals surface area (Å²) in [6, 6.07) is 13.3. The molecule has 35 heavy (non-hydrogen) atoms.